The maximum absolute atomic E-state index is 5.87. The number of nitrogens with zero attached hydrogens (tertiary/aromatic N) is 1. The van der Waals surface area contributed by atoms with E-state index in [4.69, 9.17) is 16.3 Å². The van der Waals surface area contributed by atoms with Crippen LogP contribution < -0.4 is 4.74 Å². The highest BCUT2D eigenvalue weighted by molar-refractivity contribution is 6.31. The summed E-state index contributed by atoms with van der Waals surface area (Å²) in [5, 5.41) is 1.44. The van der Waals surface area contributed by atoms with Crippen molar-refractivity contribution in [1.82, 2.24) is 4.98 Å². The Balaban J connectivity index is 2.74. The Kier molecular flexibility index (Phi) is 2.07. The molecule has 0 unspecified atom stereocenters. The van der Waals surface area contributed by atoms with Gasteiger partial charge < -0.3 is 4.74 Å². The molecule has 0 amide bonds. The van der Waals surface area contributed by atoms with E-state index in [1.807, 2.05) is 30.3 Å². The second-order valence-electron chi connectivity index (χ2n) is 2.67. The summed E-state index contributed by atoms with van der Waals surface area (Å²) in [7, 11) is 1.58. The van der Waals surface area contributed by atoms with Crippen molar-refractivity contribution in [3.05, 3.63) is 35.5 Å². The zero-order valence-electron chi connectivity index (χ0n) is 7.12. The number of hydrogen-bond acceptors (Lipinski definition) is 2. The van der Waals surface area contributed by atoms with E-state index in [1.165, 1.54) is 0 Å². The summed E-state index contributed by atoms with van der Waals surface area (Å²) in [4.78, 5) is 4.19. The van der Waals surface area contributed by atoms with Gasteiger partial charge in [-0.05, 0) is 12.1 Å². The van der Waals surface area contributed by atoms with Crippen molar-refractivity contribution >= 4 is 22.5 Å². The summed E-state index contributed by atoms with van der Waals surface area (Å²) in [5.41, 5.74) is 0.883. The number of para-hydroxylation sites is 1. The molecule has 1 aromatic heterocycles. The average molecular weight is 194 g/mol. The molecule has 2 nitrogen and oxygen atoms in total. The van der Waals surface area contributed by atoms with Gasteiger partial charge in [-0.2, -0.15) is 0 Å². The van der Waals surface area contributed by atoms with Gasteiger partial charge >= 0.3 is 0 Å². The maximum Gasteiger partial charge on any atom is 0.171 e. The van der Waals surface area contributed by atoms with E-state index >= 15 is 0 Å². The van der Waals surface area contributed by atoms with Gasteiger partial charge in [0.25, 0.3) is 0 Å². The van der Waals surface area contributed by atoms with Crippen LogP contribution in [-0.4, -0.2) is 12.1 Å². The van der Waals surface area contributed by atoms with Crippen LogP contribution in [0.25, 0.3) is 10.9 Å². The number of benzene rings is 1. The van der Waals surface area contributed by atoms with Crippen LogP contribution in [-0.2, 0) is 0 Å². The highest BCUT2D eigenvalue weighted by Gasteiger charge is 2.03. The van der Waals surface area contributed by atoms with E-state index in [9.17, 15) is 0 Å². The molecule has 0 saturated carbocycles. The molecule has 0 fully saturated rings. The highest BCUT2D eigenvalue weighted by atomic mass is 35.5. The molecule has 2 aromatic rings. The Morgan fingerprint density at radius 2 is 2.08 bits per heavy atom. The van der Waals surface area contributed by atoms with Crippen molar-refractivity contribution in [3.63, 3.8) is 0 Å². The molecule has 0 radical (unpaired) electrons. The van der Waals surface area contributed by atoms with Gasteiger partial charge in [-0.15, -0.1) is 0 Å². The third-order valence-corrected chi connectivity index (χ3v) is 2.14. The summed E-state index contributed by atoms with van der Waals surface area (Å²) in [5.74, 6) is 0.611. The number of methoxy groups -OCH3 is 1. The zero-order valence-corrected chi connectivity index (χ0v) is 7.88. The standard InChI is InChI=1S/C10H8ClNO/c1-13-9-6-7-4-2-3-5-8(7)12-10(9)11/h2-6H,1H3. The molecule has 0 spiro atoms. The fraction of sp³-hybridized carbons (Fsp3) is 0.100. The van der Waals surface area contributed by atoms with Gasteiger partial charge in [-0.1, -0.05) is 29.8 Å². The summed E-state index contributed by atoms with van der Waals surface area (Å²) < 4.78 is 5.06. The van der Waals surface area contributed by atoms with E-state index in [0.717, 1.165) is 10.9 Å². The van der Waals surface area contributed by atoms with Crippen molar-refractivity contribution in [3.8, 4) is 5.75 Å². The molecule has 3 heteroatoms. The number of pyridine rings is 1. The topological polar surface area (TPSA) is 22.1 Å². The van der Waals surface area contributed by atoms with Crippen molar-refractivity contribution in [2.45, 2.75) is 0 Å². The van der Waals surface area contributed by atoms with E-state index in [1.54, 1.807) is 7.11 Å². The first-order valence-electron chi connectivity index (χ1n) is 3.90. The minimum atomic E-state index is 0.404. The monoisotopic (exact) mass is 193 g/mol. The second kappa shape index (κ2) is 3.23. The lowest BCUT2D eigenvalue weighted by molar-refractivity contribution is 0.414. The third kappa shape index (κ3) is 1.45. The molecule has 0 aliphatic rings. The molecule has 0 N–H and O–H groups in total. The highest BCUT2D eigenvalue weighted by Crippen LogP contribution is 2.26. The molecule has 0 atom stereocenters. The Morgan fingerprint density at radius 3 is 2.85 bits per heavy atom. The Labute approximate surface area is 81.1 Å². The molecule has 0 saturated heterocycles. The average Bonchev–Trinajstić information content (AvgIpc) is 2.17. The Bertz CT molecular complexity index is 442. The molecule has 1 aromatic carbocycles. The molecule has 0 bridgehead atoms. The van der Waals surface area contributed by atoms with Crippen molar-refractivity contribution < 1.29 is 4.74 Å². The van der Waals surface area contributed by atoms with Gasteiger partial charge in [0.05, 0.1) is 12.6 Å². The van der Waals surface area contributed by atoms with Crippen LogP contribution in [0.5, 0.6) is 5.75 Å². The van der Waals surface area contributed by atoms with E-state index < -0.39 is 0 Å². The maximum atomic E-state index is 5.87. The summed E-state index contributed by atoms with van der Waals surface area (Å²) in [6.07, 6.45) is 0. The predicted octanol–water partition coefficient (Wildman–Crippen LogP) is 2.90. The first-order chi connectivity index (χ1) is 6.31. The number of rotatable bonds is 1. The molecular weight excluding hydrogens is 186 g/mol. The van der Waals surface area contributed by atoms with E-state index in [0.29, 0.717) is 10.9 Å². The van der Waals surface area contributed by atoms with Crippen molar-refractivity contribution in [2.75, 3.05) is 7.11 Å². The SMILES string of the molecule is COc1cc2ccccc2nc1Cl. The van der Waals surface area contributed by atoms with Gasteiger partial charge in [0.15, 0.2) is 10.9 Å². The molecule has 66 valence electrons. The fourth-order valence-electron chi connectivity index (χ4n) is 1.22. The van der Waals surface area contributed by atoms with Crippen LogP contribution in [0.4, 0.5) is 0 Å². The lowest BCUT2D eigenvalue weighted by Gasteiger charge is -2.03. The van der Waals surface area contributed by atoms with Crippen LogP contribution >= 0.6 is 11.6 Å². The molecule has 0 aliphatic carbocycles. The smallest absolute Gasteiger partial charge is 0.171 e. The van der Waals surface area contributed by atoms with Crippen molar-refractivity contribution in [2.24, 2.45) is 0 Å². The van der Waals surface area contributed by atoms with E-state index in [-0.39, 0.29) is 0 Å². The molecular formula is C10H8ClNO. The number of halogens is 1. The molecule has 13 heavy (non-hydrogen) atoms. The number of hydrogen-bond donors (Lipinski definition) is 0. The number of aromatic nitrogens is 1. The summed E-state index contributed by atoms with van der Waals surface area (Å²) >= 11 is 5.87. The molecule has 0 aliphatic heterocycles. The largest absolute Gasteiger partial charge is 0.494 e. The first kappa shape index (κ1) is 8.32. The number of ether oxygens (including phenoxy) is 1. The van der Waals surface area contributed by atoms with Crippen LogP contribution in [0.15, 0.2) is 30.3 Å². The van der Waals surface area contributed by atoms with Crippen LogP contribution in [0.2, 0.25) is 5.15 Å². The van der Waals surface area contributed by atoms with E-state index in [2.05, 4.69) is 4.98 Å². The quantitative estimate of drug-likeness (QED) is 0.650. The Morgan fingerprint density at radius 1 is 1.31 bits per heavy atom. The van der Waals surface area contributed by atoms with Gasteiger partial charge in [0.1, 0.15) is 0 Å². The Hall–Kier alpha value is -1.28. The molecule has 2 rings (SSSR count). The lowest BCUT2D eigenvalue weighted by atomic mass is 10.2. The minimum absolute atomic E-state index is 0.404. The van der Waals surface area contributed by atoms with Crippen molar-refractivity contribution in [1.29, 1.82) is 0 Å². The lowest BCUT2D eigenvalue weighted by Crippen LogP contribution is -1.87. The van der Waals surface area contributed by atoms with Gasteiger partial charge in [0.2, 0.25) is 0 Å². The predicted molar refractivity (Wildman–Crippen MR) is 53.3 cm³/mol. The summed E-state index contributed by atoms with van der Waals surface area (Å²) in [6, 6.07) is 9.65. The van der Waals surface area contributed by atoms with Crippen LogP contribution in [0.1, 0.15) is 0 Å². The van der Waals surface area contributed by atoms with Crippen LogP contribution in [0, 0.1) is 0 Å². The zero-order chi connectivity index (χ0) is 9.26. The van der Waals surface area contributed by atoms with Gasteiger partial charge in [-0.25, -0.2) is 4.98 Å². The normalized spacial score (nSPS) is 10.3. The summed E-state index contributed by atoms with van der Waals surface area (Å²) in [6.45, 7) is 0. The van der Waals surface area contributed by atoms with Crippen LogP contribution in [0.3, 0.4) is 0 Å². The minimum Gasteiger partial charge on any atom is -0.494 e. The first-order valence-corrected chi connectivity index (χ1v) is 4.28. The number of fused-ring (bicyclic) bond motifs is 1. The second-order valence-corrected chi connectivity index (χ2v) is 3.03. The molecule has 1 heterocycles. The van der Waals surface area contributed by atoms with Gasteiger partial charge in [0, 0.05) is 5.39 Å². The third-order valence-electron chi connectivity index (χ3n) is 1.87. The van der Waals surface area contributed by atoms with Gasteiger partial charge in [-0.3, -0.25) is 0 Å². The fourth-order valence-corrected chi connectivity index (χ4v) is 1.44.